The third-order valence-electron chi connectivity index (χ3n) is 3.53. The molecule has 0 bridgehead atoms. The maximum Gasteiger partial charge on any atom is 0.224 e. The molecule has 4 nitrogen and oxygen atoms in total. The molecular formula is C12H23ClN2O2. The van der Waals surface area contributed by atoms with Crippen molar-refractivity contribution in [1.29, 1.82) is 0 Å². The number of carbonyl (C=O) groups is 1. The monoisotopic (exact) mass is 262 g/mol. The molecule has 2 fully saturated rings. The molecule has 100 valence electrons. The van der Waals surface area contributed by atoms with Gasteiger partial charge in [-0.15, -0.1) is 12.4 Å². The fourth-order valence-electron chi connectivity index (χ4n) is 2.46. The van der Waals surface area contributed by atoms with Crippen molar-refractivity contribution in [3.8, 4) is 0 Å². The Morgan fingerprint density at radius 2 is 2.35 bits per heavy atom. The number of hydrogen-bond donors (Lipinski definition) is 1. The second-order valence-electron chi connectivity index (χ2n) is 4.74. The van der Waals surface area contributed by atoms with Gasteiger partial charge >= 0.3 is 0 Å². The summed E-state index contributed by atoms with van der Waals surface area (Å²) in [5, 5.41) is 3.37. The number of hydrogen-bond acceptors (Lipinski definition) is 3. The first kappa shape index (κ1) is 14.7. The summed E-state index contributed by atoms with van der Waals surface area (Å²) in [5.41, 5.74) is 0. The van der Waals surface area contributed by atoms with Gasteiger partial charge < -0.3 is 15.0 Å². The maximum atomic E-state index is 12.0. The van der Waals surface area contributed by atoms with Crippen LogP contribution in [0.5, 0.6) is 0 Å². The van der Waals surface area contributed by atoms with Gasteiger partial charge in [-0.2, -0.15) is 0 Å². The number of amides is 1. The molecule has 2 heterocycles. The van der Waals surface area contributed by atoms with Gasteiger partial charge in [0.15, 0.2) is 0 Å². The van der Waals surface area contributed by atoms with Crippen LogP contribution in [0.3, 0.4) is 0 Å². The highest BCUT2D eigenvalue weighted by Crippen LogP contribution is 2.13. The van der Waals surface area contributed by atoms with Crippen LogP contribution >= 0.6 is 12.4 Å². The second kappa shape index (κ2) is 7.19. The zero-order valence-electron chi connectivity index (χ0n) is 10.5. The number of nitrogens with one attached hydrogen (secondary N) is 1. The molecule has 2 aliphatic rings. The minimum atomic E-state index is 0. The summed E-state index contributed by atoms with van der Waals surface area (Å²) in [6.45, 7) is 5.42. The summed E-state index contributed by atoms with van der Waals surface area (Å²) in [7, 11) is 0. The van der Waals surface area contributed by atoms with Crippen LogP contribution in [0.1, 0.15) is 32.6 Å². The quantitative estimate of drug-likeness (QED) is 0.831. The molecular weight excluding hydrogens is 240 g/mol. The highest BCUT2D eigenvalue weighted by atomic mass is 35.5. The van der Waals surface area contributed by atoms with Crippen molar-refractivity contribution in [3.63, 3.8) is 0 Å². The Kier molecular flexibility index (Phi) is 6.23. The van der Waals surface area contributed by atoms with Gasteiger partial charge in [-0.3, -0.25) is 4.79 Å². The number of carbonyl (C=O) groups excluding carboxylic acids is 1. The molecule has 5 heteroatoms. The molecule has 2 saturated heterocycles. The van der Waals surface area contributed by atoms with Crippen LogP contribution in [0.4, 0.5) is 0 Å². The van der Waals surface area contributed by atoms with Gasteiger partial charge in [0, 0.05) is 25.6 Å². The van der Waals surface area contributed by atoms with E-state index in [-0.39, 0.29) is 18.5 Å². The number of rotatable bonds is 3. The number of ether oxygens (including phenoxy) is 1. The first-order valence-electron chi connectivity index (χ1n) is 6.42. The van der Waals surface area contributed by atoms with Gasteiger partial charge in [0.05, 0.1) is 12.7 Å². The first-order chi connectivity index (χ1) is 7.79. The van der Waals surface area contributed by atoms with Gasteiger partial charge in [0.2, 0.25) is 5.91 Å². The molecule has 1 N–H and O–H groups in total. The lowest BCUT2D eigenvalue weighted by molar-refractivity contribution is -0.139. The average Bonchev–Trinajstić information content (AvgIpc) is 2.82. The van der Waals surface area contributed by atoms with Crippen LogP contribution in [-0.2, 0) is 9.53 Å². The van der Waals surface area contributed by atoms with Crippen molar-refractivity contribution in [2.45, 2.75) is 44.8 Å². The number of morpholine rings is 1. The molecule has 0 aromatic rings. The van der Waals surface area contributed by atoms with Gasteiger partial charge in [0.25, 0.3) is 0 Å². The molecule has 2 unspecified atom stereocenters. The van der Waals surface area contributed by atoms with Gasteiger partial charge in [-0.1, -0.05) is 6.92 Å². The molecule has 0 saturated carbocycles. The Morgan fingerprint density at radius 1 is 1.53 bits per heavy atom. The Labute approximate surface area is 109 Å². The Balaban J connectivity index is 0.00000144. The summed E-state index contributed by atoms with van der Waals surface area (Å²) in [6, 6.07) is 0.412. The number of nitrogens with zero attached hydrogens (tertiary/aromatic N) is 1. The smallest absolute Gasteiger partial charge is 0.224 e. The van der Waals surface area contributed by atoms with Gasteiger partial charge in [-0.25, -0.2) is 0 Å². The zero-order valence-corrected chi connectivity index (χ0v) is 11.3. The van der Waals surface area contributed by atoms with E-state index in [1.54, 1.807) is 0 Å². The average molecular weight is 263 g/mol. The van der Waals surface area contributed by atoms with E-state index >= 15 is 0 Å². The van der Waals surface area contributed by atoms with Crippen LogP contribution in [-0.4, -0.2) is 49.2 Å². The summed E-state index contributed by atoms with van der Waals surface area (Å²) >= 11 is 0. The third kappa shape index (κ3) is 4.12. The van der Waals surface area contributed by atoms with Crippen molar-refractivity contribution < 1.29 is 9.53 Å². The van der Waals surface area contributed by atoms with E-state index in [1.165, 1.54) is 6.42 Å². The van der Waals surface area contributed by atoms with E-state index in [1.807, 2.05) is 4.90 Å². The molecule has 0 aromatic carbocycles. The minimum Gasteiger partial charge on any atom is -0.375 e. The lowest BCUT2D eigenvalue weighted by Gasteiger charge is -2.33. The van der Waals surface area contributed by atoms with Crippen molar-refractivity contribution in [1.82, 2.24) is 10.2 Å². The van der Waals surface area contributed by atoms with Crippen LogP contribution in [0, 0.1) is 0 Å². The Bertz CT molecular complexity index is 245. The summed E-state index contributed by atoms with van der Waals surface area (Å²) in [4.78, 5) is 14.0. The van der Waals surface area contributed by atoms with Crippen LogP contribution < -0.4 is 5.32 Å². The standard InChI is InChI=1S/C12H22N2O2.ClH/c1-2-11-9-14(6-7-16-11)12(15)8-10-4-3-5-13-10;/h10-11,13H,2-9H2,1H3;1H. The minimum absolute atomic E-state index is 0. The summed E-state index contributed by atoms with van der Waals surface area (Å²) in [5.74, 6) is 0.293. The largest absolute Gasteiger partial charge is 0.375 e. The first-order valence-corrected chi connectivity index (χ1v) is 6.42. The van der Waals surface area contributed by atoms with E-state index in [2.05, 4.69) is 12.2 Å². The molecule has 0 aromatic heterocycles. The molecule has 2 rings (SSSR count). The van der Waals surface area contributed by atoms with Crippen LogP contribution in [0.15, 0.2) is 0 Å². The van der Waals surface area contributed by atoms with E-state index in [4.69, 9.17) is 4.74 Å². The van der Waals surface area contributed by atoms with Crippen LogP contribution in [0.25, 0.3) is 0 Å². The van der Waals surface area contributed by atoms with E-state index in [0.29, 0.717) is 25.0 Å². The predicted molar refractivity (Wildman–Crippen MR) is 69.5 cm³/mol. The van der Waals surface area contributed by atoms with Crippen molar-refractivity contribution in [3.05, 3.63) is 0 Å². The molecule has 2 atom stereocenters. The molecule has 0 spiro atoms. The SMILES string of the molecule is CCC1CN(C(=O)CC2CCCN2)CCO1.Cl. The maximum absolute atomic E-state index is 12.0. The van der Waals surface area contributed by atoms with E-state index in [9.17, 15) is 4.79 Å². The molecule has 0 aliphatic carbocycles. The van der Waals surface area contributed by atoms with Crippen LogP contribution in [0.2, 0.25) is 0 Å². The second-order valence-corrected chi connectivity index (χ2v) is 4.74. The predicted octanol–water partition coefficient (Wildman–Crippen LogP) is 1.19. The Hall–Kier alpha value is -0.320. The van der Waals surface area contributed by atoms with Crippen molar-refractivity contribution in [2.75, 3.05) is 26.2 Å². The lowest BCUT2D eigenvalue weighted by atomic mass is 10.1. The topological polar surface area (TPSA) is 41.6 Å². The summed E-state index contributed by atoms with van der Waals surface area (Å²) in [6.07, 6.45) is 4.25. The summed E-state index contributed by atoms with van der Waals surface area (Å²) < 4.78 is 5.57. The molecule has 2 aliphatic heterocycles. The van der Waals surface area contributed by atoms with Gasteiger partial charge in [-0.05, 0) is 25.8 Å². The van der Waals surface area contributed by atoms with E-state index < -0.39 is 0 Å². The third-order valence-corrected chi connectivity index (χ3v) is 3.53. The number of halogens is 1. The fraction of sp³-hybridized carbons (Fsp3) is 0.917. The molecule has 1 amide bonds. The van der Waals surface area contributed by atoms with Crippen molar-refractivity contribution in [2.24, 2.45) is 0 Å². The highest BCUT2D eigenvalue weighted by Gasteiger charge is 2.25. The zero-order chi connectivity index (χ0) is 11.4. The van der Waals surface area contributed by atoms with Gasteiger partial charge in [0.1, 0.15) is 0 Å². The van der Waals surface area contributed by atoms with E-state index in [0.717, 1.165) is 32.5 Å². The Morgan fingerprint density at radius 3 is 3.00 bits per heavy atom. The highest BCUT2D eigenvalue weighted by molar-refractivity contribution is 5.85. The lowest BCUT2D eigenvalue weighted by Crippen LogP contribution is -2.46. The molecule has 17 heavy (non-hydrogen) atoms. The van der Waals surface area contributed by atoms with Crippen molar-refractivity contribution >= 4 is 18.3 Å². The normalized spacial score (nSPS) is 28.9. The molecule has 0 radical (unpaired) electrons. The fourth-order valence-corrected chi connectivity index (χ4v) is 2.46.